The molecule has 0 aliphatic carbocycles. The van der Waals surface area contributed by atoms with Gasteiger partial charge in [0, 0.05) is 11.4 Å². The maximum Gasteiger partial charge on any atom is 0.255 e. The number of rotatable bonds is 12. The number of fused-ring (bicyclic) bond motifs is 1. The van der Waals surface area contributed by atoms with Crippen molar-refractivity contribution < 1.29 is 19.0 Å². The van der Waals surface area contributed by atoms with Crippen LogP contribution in [0.25, 0.3) is 0 Å². The van der Waals surface area contributed by atoms with Crippen LogP contribution in [0.1, 0.15) is 49.9 Å². The number of aryl methyl sites for hydroxylation is 1. The monoisotopic (exact) mass is 599 g/mol. The molecule has 0 radical (unpaired) electrons. The van der Waals surface area contributed by atoms with Crippen LogP contribution >= 0.6 is 11.8 Å². The van der Waals surface area contributed by atoms with E-state index in [-0.39, 0.29) is 5.91 Å². The van der Waals surface area contributed by atoms with Gasteiger partial charge in [0.15, 0.2) is 11.5 Å². The Morgan fingerprint density at radius 2 is 1.84 bits per heavy atom. The number of nitrogens with one attached hydrogen (secondary N) is 2. The first-order valence-corrected chi connectivity index (χ1v) is 15.4. The number of thioether (sulfide) groups is 1. The van der Waals surface area contributed by atoms with E-state index in [1.54, 1.807) is 23.6 Å². The summed E-state index contributed by atoms with van der Waals surface area (Å²) in [6.07, 6.45) is 0.997. The fourth-order valence-corrected chi connectivity index (χ4v) is 5.65. The van der Waals surface area contributed by atoms with Gasteiger partial charge in [0.2, 0.25) is 11.1 Å². The molecule has 0 saturated heterocycles. The van der Waals surface area contributed by atoms with Crippen molar-refractivity contribution in [2.24, 2.45) is 0 Å². The second-order valence-electron chi connectivity index (χ2n) is 10.1. The minimum atomic E-state index is -0.570. The Morgan fingerprint density at radius 1 is 1.00 bits per heavy atom. The van der Waals surface area contributed by atoms with Gasteiger partial charge in [-0.1, -0.05) is 66.7 Å². The predicted molar refractivity (Wildman–Crippen MR) is 170 cm³/mol. The maximum absolute atomic E-state index is 14.0. The second-order valence-corrected chi connectivity index (χ2v) is 11.2. The third-order valence-electron chi connectivity index (χ3n) is 6.93. The third-order valence-corrected chi connectivity index (χ3v) is 7.97. The number of hydrogen-bond donors (Lipinski definition) is 2. The zero-order valence-electron chi connectivity index (χ0n) is 25.1. The van der Waals surface area contributed by atoms with Gasteiger partial charge < -0.3 is 24.8 Å². The van der Waals surface area contributed by atoms with Crippen LogP contribution in [0.2, 0.25) is 0 Å². The van der Waals surface area contributed by atoms with E-state index in [0.29, 0.717) is 58.5 Å². The van der Waals surface area contributed by atoms with E-state index in [0.717, 1.165) is 23.3 Å². The van der Waals surface area contributed by atoms with Crippen molar-refractivity contribution in [1.29, 1.82) is 0 Å². The third kappa shape index (κ3) is 6.80. The van der Waals surface area contributed by atoms with Crippen LogP contribution in [0, 0.1) is 6.92 Å². The summed E-state index contributed by atoms with van der Waals surface area (Å²) in [5.74, 6) is 2.98. The number of methoxy groups -OCH3 is 1. The molecule has 43 heavy (non-hydrogen) atoms. The van der Waals surface area contributed by atoms with Crippen molar-refractivity contribution in [1.82, 2.24) is 14.8 Å². The number of anilines is 2. The summed E-state index contributed by atoms with van der Waals surface area (Å²) in [6.45, 7) is 8.86. The smallest absolute Gasteiger partial charge is 0.255 e. The van der Waals surface area contributed by atoms with E-state index in [1.807, 2.05) is 68.4 Å². The molecule has 0 spiro atoms. The minimum absolute atomic E-state index is 0.277. The van der Waals surface area contributed by atoms with Crippen LogP contribution in [0.5, 0.6) is 17.2 Å². The highest BCUT2D eigenvalue weighted by atomic mass is 32.2. The molecule has 0 saturated carbocycles. The van der Waals surface area contributed by atoms with Gasteiger partial charge in [-0.25, -0.2) is 4.68 Å². The van der Waals surface area contributed by atoms with Crippen LogP contribution in [-0.4, -0.2) is 40.1 Å². The summed E-state index contributed by atoms with van der Waals surface area (Å²) in [6, 6.07) is 20.8. The molecule has 1 aromatic heterocycles. The molecule has 1 amide bonds. The fourth-order valence-electron chi connectivity index (χ4n) is 4.97. The lowest BCUT2D eigenvalue weighted by atomic mass is 9.94. The van der Waals surface area contributed by atoms with Gasteiger partial charge in [-0.3, -0.25) is 4.79 Å². The van der Waals surface area contributed by atoms with Crippen molar-refractivity contribution >= 4 is 29.3 Å². The van der Waals surface area contributed by atoms with E-state index in [9.17, 15) is 4.79 Å². The number of benzene rings is 3. The highest BCUT2D eigenvalue weighted by molar-refractivity contribution is 7.99. The lowest BCUT2D eigenvalue weighted by Gasteiger charge is -2.29. The predicted octanol–water partition coefficient (Wildman–Crippen LogP) is 7.00. The quantitative estimate of drug-likeness (QED) is 0.168. The van der Waals surface area contributed by atoms with E-state index >= 15 is 0 Å². The Balaban J connectivity index is 1.53. The molecule has 1 unspecified atom stereocenters. The summed E-state index contributed by atoms with van der Waals surface area (Å²) in [4.78, 5) is 18.7. The second kappa shape index (κ2) is 13.7. The van der Waals surface area contributed by atoms with Crippen molar-refractivity contribution in [2.45, 2.75) is 51.9 Å². The van der Waals surface area contributed by atoms with Crippen molar-refractivity contribution in [3.63, 3.8) is 0 Å². The molecule has 2 heterocycles. The summed E-state index contributed by atoms with van der Waals surface area (Å²) in [5.41, 5.74) is 4.83. The Bertz CT molecular complexity index is 1630. The van der Waals surface area contributed by atoms with Crippen LogP contribution in [0.4, 0.5) is 11.6 Å². The molecular weight excluding hydrogens is 562 g/mol. The summed E-state index contributed by atoms with van der Waals surface area (Å²) < 4.78 is 19.5. The topological polar surface area (TPSA) is 99.5 Å². The van der Waals surface area contributed by atoms with Gasteiger partial charge in [-0.05, 0) is 62.6 Å². The van der Waals surface area contributed by atoms with Crippen molar-refractivity contribution in [2.75, 3.05) is 30.1 Å². The highest BCUT2D eigenvalue weighted by Crippen LogP contribution is 2.40. The summed E-state index contributed by atoms with van der Waals surface area (Å²) in [5, 5.41) is 11.8. The Labute approximate surface area is 256 Å². The fraction of sp³-hybridized carbons (Fsp3) is 0.303. The molecule has 224 valence electrons. The number of carbonyl (C=O) groups is 1. The number of amides is 1. The van der Waals surface area contributed by atoms with Crippen molar-refractivity contribution in [3.8, 4) is 17.2 Å². The number of carbonyl (C=O) groups excluding carboxylic acids is 1. The zero-order chi connectivity index (χ0) is 30.3. The lowest BCUT2D eigenvalue weighted by molar-refractivity contribution is -0.113. The molecule has 3 aromatic carbocycles. The highest BCUT2D eigenvalue weighted by Gasteiger charge is 2.35. The number of para-hydroxylation sites is 2. The van der Waals surface area contributed by atoms with Crippen LogP contribution in [0.15, 0.2) is 83.2 Å². The summed E-state index contributed by atoms with van der Waals surface area (Å²) >= 11 is 1.59. The van der Waals surface area contributed by atoms with Gasteiger partial charge in [0.05, 0.1) is 25.0 Å². The average Bonchev–Trinajstić information content (AvgIpc) is 3.41. The Hall–Kier alpha value is -4.44. The van der Waals surface area contributed by atoms with Crippen LogP contribution in [-0.2, 0) is 11.4 Å². The molecule has 1 atom stereocenters. The van der Waals surface area contributed by atoms with E-state index in [4.69, 9.17) is 24.3 Å². The molecule has 0 bridgehead atoms. The molecule has 1 aliphatic rings. The van der Waals surface area contributed by atoms with Gasteiger partial charge in [-0.2, -0.15) is 4.98 Å². The molecule has 10 heteroatoms. The summed E-state index contributed by atoms with van der Waals surface area (Å²) in [7, 11) is 1.58. The number of nitrogens with zero attached hydrogens (tertiary/aromatic N) is 3. The van der Waals surface area contributed by atoms with Gasteiger partial charge in [0.1, 0.15) is 18.4 Å². The van der Waals surface area contributed by atoms with E-state index in [2.05, 4.69) is 36.6 Å². The molecule has 1 aliphatic heterocycles. The number of aromatic nitrogens is 3. The number of allylic oxidation sites excluding steroid dienone is 1. The Kier molecular flexibility index (Phi) is 9.56. The first-order valence-electron chi connectivity index (χ1n) is 14.4. The number of hydrogen-bond acceptors (Lipinski definition) is 8. The molecule has 2 N–H and O–H groups in total. The SMILES string of the molecule is CCCSc1nc2n(n1)C(c1ccc(OCc3cccc(C)c3)c(OCC)c1)C(C(=O)Nc1ccccc1OC)=C(C)N2. The maximum atomic E-state index is 14.0. The van der Waals surface area contributed by atoms with E-state index in [1.165, 1.54) is 5.56 Å². The largest absolute Gasteiger partial charge is 0.495 e. The van der Waals surface area contributed by atoms with Crippen molar-refractivity contribution in [3.05, 3.63) is 94.7 Å². The van der Waals surface area contributed by atoms with E-state index < -0.39 is 6.04 Å². The molecular formula is C33H37N5O4S. The Morgan fingerprint density at radius 3 is 2.60 bits per heavy atom. The normalized spacial score (nSPS) is 14.1. The van der Waals surface area contributed by atoms with Crippen LogP contribution in [0.3, 0.4) is 0 Å². The van der Waals surface area contributed by atoms with Crippen LogP contribution < -0.4 is 24.8 Å². The van der Waals surface area contributed by atoms with Gasteiger partial charge >= 0.3 is 0 Å². The first kappa shape index (κ1) is 30.0. The van der Waals surface area contributed by atoms with Gasteiger partial charge in [-0.15, -0.1) is 5.10 Å². The number of ether oxygens (including phenoxy) is 3. The molecule has 4 aromatic rings. The first-order chi connectivity index (χ1) is 20.9. The van der Waals surface area contributed by atoms with Gasteiger partial charge in [0.25, 0.3) is 5.91 Å². The molecule has 5 rings (SSSR count). The standard InChI is InChI=1S/C33H37N5O4S/c1-6-17-43-33-36-32-34-22(4)29(31(39)35-25-13-8-9-14-26(25)40-5)30(38(32)37-33)24-15-16-27(28(19-24)41-7-2)42-20-23-12-10-11-21(3)18-23/h8-16,18-19,30H,6-7,17,20H2,1-5H3,(H,35,39)(H,34,36,37). The molecule has 0 fully saturated rings. The molecule has 9 nitrogen and oxygen atoms in total. The zero-order valence-corrected chi connectivity index (χ0v) is 26.0. The average molecular weight is 600 g/mol. The lowest BCUT2D eigenvalue weighted by Crippen LogP contribution is -2.31. The minimum Gasteiger partial charge on any atom is -0.495 e.